The molecule has 0 atom stereocenters. The van der Waals surface area contributed by atoms with E-state index in [1.54, 1.807) is 18.2 Å². The van der Waals surface area contributed by atoms with Gasteiger partial charge >= 0.3 is 6.03 Å². The van der Waals surface area contributed by atoms with Gasteiger partial charge in [0, 0.05) is 17.6 Å². The highest BCUT2D eigenvalue weighted by molar-refractivity contribution is 9.10. The number of rotatable bonds is 4. The molecule has 7 heteroatoms. The predicted molar refractivity (Wildman–Crippen MR) is 99.2 cm³/mol. The number of likely N-dealkylation sites (N-methyl/N-ethyl adjacent to an activating group) is 1. The highest BCUT2D eigenvalue weighted by Gasteiger charge is 2.29. The number of hydrogen-bond donors (Lipinski definition) is 1. The molecule has 0 aliphatic carbocycles. The SMILES string of the molecule is CN1C(=O)NC(=Cc2ccc(OCc3ccccc3Cl)c(Br)c2)C1=O. The van der Waals surface area contributed by atoms with Gasteiger partial charge in [0.25, 0.3) is 5.91 Å². The molecule has 3 rings (SSSR count). The lowest BCUT2D eigenvalue weighted by molar-refractivity contribution is -0.121. The lowest BCUT2D eigenvalue weighted by atomic mass is 10.2. The molecule has 0 saturated carbocycles. The quantitative estimate of drug-likeness (QED) is 0.594. The van der Waals surface area contributed by atoms with Gasteiger partial charge in [0.1, 0.15) is 18.1 Å². The van der Waals surface area contributed by atoms with E-state index in [1.807, 2.05) is 30.3 Å². The maximum absolute atomic E-state index is 11.9. The fourth-order valence-corrected chi connectivity index (χ4v) is 2.99. The third-order valence-electron chi connectivity index (χ3n) is 3.69. The number of nitrogens with one attached hydrogen (secondary N) is 1. The van der Waals surface area contributed by atoms with Crippen molar-refractivity contribution in [3.8, 4) is 5.75 Å². The Morgan fingerprint density at radius 3 is 2.64 bits per heavy atom. The highest BCUT2D eigenvalue weighted by atomic mass is 79.9. The van der Waals surface area contributed by atoms with Gasteiger partial charge in [-0.1, -0.05) is 35.9 Å². The van der Waals surface area contributed by atoms with Gasteiger partial charge in [0.2, 0.25) is 0 Å². The lowest BCUT2D eigenvalue weighted by Crippen LogP contribution is -2.25. The predicted octanol–water partition coefficient (Wildman–Crippen LogP) is 4.20. The molecule has 1 fully saturated rings. The second-order valence-electron chi connectivity index (χ2n) is 5.42. The van der Waals surface area contributed by atoms with Gasteiger partial charge in [0.15, 0.2) is 0 Å². The van der Waals surface area contributed by atoms with E-state index in [0.717, 1.165) is 20.5 Å². The largest absolute Gasteiger partial charge is 0.488 e. The van der Waals surface area contributed by atoms with Crippen molar-refractivity contribution in [3.63, 3.8) is 0 Å². The molecule has 1 aliphatic rings. The third kappa shape index (κ3) is 3.86. The van der Waals surface area contributed by atoms with Gasteiger partial charge < -0.3 is 10.1 Å². The smallest absolute Gasteiger partial charge is 0.328 e. The topological polar surface area (TPSA) is 58.6 Å². The van der Waals surface area contributed by atoms with Crippen molar-refractivity contribution in [1.82, 2.24) is 10.2 Å². The molecule has 0 unspecified atom stereocenters. The molecule has 1 saturated heterocycles. The van der Waals surface area contributed by atoms with Crippen molar-refractivity contribution in [3.05, 3.63) is 68.8 Å². The Morgan fingerprint density at radius 1 is 1.24 bits per heavy atom. The Labute approximate surface area is 158 Å². The summed E-state index contributed by atoms with van der Waals surface area (Å²) in [6.45, 7) is 0.345. The second kappa shape index (κ2) is 7.29. The van der Waals surface area contributed by atoms with Gasteiger partial charge in [-0.2, -0.15) is 0 Å². The Hall–Kier alpha value is -2.31. The number of hydrogen-bond acceptors (Lipinski definition) is 3. The van der Waals surface area contributed by atoms with Gasteiger partial charge in [-0.3, -0.25) is 9.69 Å². The number of carbonyl (C=O) groups is 2. The van der Waals surface area contributed by atoms with Crippen LogP contribution in [0, 0.1) is 0 Å². The van der Waals surface area contributed by atoms with E-state index in [1.165, 1.54) is 7.05 Å². The maximum atomic E-state index is 11.9. The first-order valence-corrected chi connectivity index (χ1v) is 8.59. The average Bonchev–Trinajstić information content (AvgIpc) is 2.82. The Morgan fingerprint density at radius 2 is 2.00 bits per heavy atom. The second-order valence-corrected chi connectivity index (χ2v) is 6.68. The first kappa shape index (κ1) is 17.5. The highest BCUT2D eigenvalue weighted by Crippen LogP contribution is 2.28. The molecule has 2 aromatic carbocycles. The van der Waals surface area contributed by atoms with Crippen LogP contribution in [0.2, 0.25) is 5.02 Å². The minimum atomic E-state index is -0.435. The molecule has 0 bridgehead atoms. The summed E-state index contributed by atoms with van der Waals surface area (Å²) >= 11 is 9.58. The molecule has 0 spiro atoms. The molecule has 2 aromatic rings. The summed E-state index contributed by atoms with van der Waals surface area (Å²) in [7, 11) is 1.43. The zero-order valence-corrected chi connectivity index (χ0v) is 15.6. The minimum absolute atomic E-state index is 0.240. The van der Waals surface area contributed by atoms with Crippen LogP contribution < -0.4 is 10.1 Å². The number of benzene rings is 2. The van der Waals surface area contributed by atoms with Crippen LogP contribution in [0.15, 0.2) is 52.6 Å². The van der Waals surface area contributed by atoms with Crippen LogP contribution in [-0.2, 0) is 11.4 Å². The Bertz CT molecular complexity index is 882. The molecule has 1 N–H and O–H groups in total. The molecule has 3 amide bonds. The number of ether oxygens (including phenoxy) is 1. The standard InChI is InChI=1S/C18H14BrClN2O3/c1-22-17(23)15(21-18(22)24)9-11-6-7-16(13(19)8-11)25-10-12-4-2-3-5-14(12)20/h2-9H,10H2,1H3,(H,21,24). The van der Waals surface area contributed by atoms with Crippen LogP contribution in [0.25, 0.3) is 6.08 Å². The van der Waals surface area contributed by atoms with Gasteiger partial charge in [-0.05, 0) is 45.8 Å². The molecule has 1 heterocycles. The first-order chi connectivity index (χ1) is 12.0. The number of carbonyl (C=O) groups excluding carboxylic acids is 2. The fraction of sp³-hybridized carbons (Fsp3) is 0.111. The molecule has 1 aliphatic heterocycles. The van der Waals surface area contributed by atoms with E-state index >= 15 is 0 Å². The average molecular weight is 422 g/mol. The van der Waals surface area contributed by atoms with E-state index in [4.69, 9.17) is 16.3 Å². The van der Waals surface area contributed by atoms with Crippen LogP contribution >= 0.6 is 27.5 Å². The summed E-state index contributed by atoms with van der Waals surface area (Å²) in [6, 6.07) is 12.5. The van der Waals surface area contributed by atoms with Gasteiger partial charge in [-0.15, -0.1) is 0 Å². The monoisotopic (exact) mass is 420 g/mol. The zero-order valence-electron chi connectivity index (χ0n) is 13.3. The van der Waals surface area contributed by atoms with Crippen LogP contribution in [-0.4, -0.2) is 23.9 Å². The van der Waals surface area contributed by atoms with E-state index in [2.05, 4.69) is 21.2 Å². The van der Waals surface area contributed by atoms with Crippen LogP contribution in [0.3, 0.4) is 0 Å². The van der Waals surface area contributed by atoms with Crippen molar-refractivity contribution in [2.45, 2.75) is 6.61 Å². The summed E-state index contributed by atoms with van der Waals surface area (Å²) in [5.41, 5.74) is 1.89. The maximum Gasteiger partial charge on any atom is 0.328 e. The summed E-state index contributed by atoms with van der Waals surface area (Å²) < 4.78 is 6.52. The van der Waals surface area contributed by atoms with E-state index in [0.29, 0.717) is 17.4 Å². The summed E-state index contributed by atoms with van der Waals surface area (Å²) in [5.74, 6) is 0.293. The van der Waals surface area contributed by atoms with Crippen molar-refractivity contribution in [2.75, 3.05) is 7.05 Å². The van der Waals surface area contributed by atoms with E-state index < -0.39 is 6.03 Å². The molecular weight excluding hydrogens is 408 g/mol. The fourth-order valence-electron chi connectivity index (χ4n) is 2.28. The number of amides is 3. The Balaban J connectivity index is 1.74. The van der Waals surface area contributed by atoms with Gasteiger partial charge in [0.05, 0.1) is 4.47 Å². The van der Waals surface area contributed by atoms with E-state index in [-0.39, 0.29) is 11.6 Å². The molecular formula is C18H14BrClN2O3. The van der Waals surface area contributed by atoms with Crippen LogP contribution in [0.5, 0.6) is 5.75 Å². The number of halogens is 2. The van der Waals surface area contributed by atoms with Gasteiger partial charge in [-0.25, -0.2) is 4.79 Å². The first-order valence-electron chi connectivity index (χ1n) is 7.42. The summed E-state index contributed by atoms with van der Waals surface area (Å²) in [5, 5.41) is 3.18. The molecule has 5 nitrogen and oxygen atoms in total. The van der Waals surface area contributed by atoms with Crippen LogP contribution in [0.4, 0.5) is 4.79 Å². The van der Waals surface area contributed by atoms with E-state index in [9.17, 15) is 9.59 Å². The number of nitrogens with zero attached hydrogens (tertiary/aromatic N) is 1. The molecule has 25 heavy (non-hydrogen) atoms. The van der Waals surface area contributed by atoms with Crippen molar-refractivity contribution in [2.24, 2.45) is 0 Å². The van der Waals surface area contributed by atoms with Crippen LogP contribution in [0.1, 0.15) is 11.1 Å². The normalized spacial score (nSPS) is 15.6. The zero-order chi connectivity index (χ0) is 18.0. The number of urea groups is 1. The lowest BCUT2D eigenvalue weighted by Gasteiger charge is -2.10. The third-order valence-corrected chi connectivity index (χ3v) is 4.68. The Kier molecular flexibility index (Phi) is 5.11. The number of imide groups is 1. The van der Waals surface area contributed by atoms with Crippen molar-refractivity contribution in [1.29, 1.82) is 0 Å². The molecule has 0 radical (unpaired) electrons. The summed E-state index contributed by atoms with van der Waals surface area (Å²) in [6.07, 6.45) is 1.62. The van der Waals surface area contributed by atoms with Crippen molar-refractivity contribution < 1.29 is 14.3 Å². The molecule has 0 aromatic heterocycles. The summed E-state index contributed by atoms with van der Waals surface area (Å²) in [4.78, 5) is 24.4. The molecule has 128 valence electrons. The minimum Gasteiger partial charge on any atom is -0.488 e. The van der Waals surface area contributed by atoms with Crippen molar-refractivity contribution >= 4 is 45.5 Å².